The number of hydrogen-bond acceptors (Lipinski definition) is 7. The molecular weight excluding hydrogens is 533 g/mol. The highest BCUT2D eigenvalue weighted by Gasteiger charge is 2.19. The molecule has 40 heavy (non-hydrogen) atoms. The molecule has 0 aliphatic heterocycles. The predicted molar refractivity (Wildman–Crippen MR) is 167 cm³/mol. The van der Waals surface area contributed by atoms with Crippen LogP contribution < -0.4 is 5.73 Å². The third-order valence-corrected chi connectivity index (χ3v) is 8.24. The van der Waals surface area contributed by atoms with E-state index in [1.54, 1.807) is 6.07 Å². The lowest BCUT2D eigenvalue weighted by Gasteiger charge is -2.15. The molecule has 2 unspecified atom stereocenters. The molecule has 4 aromatic rings. The van der Waals surface area contributed by atoms with Gasteiger partial charge >= 0.3 is 0 Å². The van der Waals surface area contributed by atoms with E-state index in [9.17, 15) is 0 Å². The molecular formula is C32H29N6S2+. The minimum atomic E-state index is -0.246. The van der Waals surface area contributed by atoms with E-state index in [1.165, 1.54) is 11.8 Å². The maximum absolute atomic E-state index is 8.72. The Kier molecular flexibility index (Phi) is 8.81. The van der Waals surface area contributed by atoms with E-state index in [0.717, 1.165) is 40.8 Å². The SMILES string of the molecule is N=C(SC(=N)c1cccc(-c2ccccc2)n1)c1cccc(C(=N)SC([NH3+])c2cccc(C3C=CC=CC3)n2)c1. The van der Waals surface area contributed by atoms with E-state index in [-0.39, 0.29) is 21.4 Å². The molecule has 5 rings (SSSR count). The Hall–Kier alpha value is -4.11. The van der Waals surface area contributed by atoms with Crippen molar-refractivity contribution in [3.63, 3.8) is 0 Å². The van der Waals surface area contributed by atoms with Gasteiger partial charge in [0.25, 0.3) is 0 Å². The maximum atomic E-state index is 8.72. The lowest BCUT2D eigenvalue weighted by Crippen LogP contribution is -2.52. The minimum absolute atomic E-state index is 0.199. The Morgan fingerprint density at radius 1 is 0.775 bits per heavy atom. The number of aromatic nitrogens is 2. The summed E-state index contributed by atoms with van der Waals surface area (Å²) in [5, 5.41) is 26.5. The molecule has 0 amide bonds. The molecule has 2 heterocycles. The fourth-order valence-electron chi connectivity index (χ4n) is 4.27. The van der Waals surface area contributed by atoms with Crippen molar-refractivity contribution in [3.05, 3.63) is 144 Å². The van der Waals surface area contributed by atoms with Crippen LogP contribution in [0.5, 0.6) is 0 Å². The van der Waals surface area contributed by atoms with E-state index < -0.39 is 0 Å². The van der Waals surface area contributed by atoms with E-state index in [4.69, 9.17) is 21.2 Å². The number of benzene rings is 2. The van der Waals surface area contributed by atoms with Crippen LogP contribution in [0.3, 0.4) is 0 Å². The van der Waals surface area contributed by atoms with Gasteiger partial charge in [-0.1, -0.05) is 85.0 Å². The second-order valence-electron chi connectivity index (χ2n) is 9.19. The van der Waals surface area contributed by atoms with E-state index in [0.29, 0.717) is 21.9 Å². The average Bonchev–Trinajstić information content (AvgIpc) is 3.02. The number of allylic oxidation sites excluding steroid dienone is 4. The van der Waals surface area contributed by atoms with E-state index in [2.05, 4.69) is 35.0 Å². The summed E-state index contributed by atoms with van der Waals surface area (Å²) in [6, 6.07) is 28.8. The molecule has 1 aliphatic rings. The molecule has 8 heteroatoms. The van der Waals surface area contributed by atoms with Crippen LogP contribution in [0.1, 0.15) is 45.9 Å². The Morgan fingerprint density at radius 2 is 1.52 bits per heavy atom. The topological polar surface area (TPSA) is 125 Å². The normalized spacial score (nSPS) is 15.0. The van der Waals surface area contributed by atoms with Gasteiger partial charge in [-0.15, -0.1) is 0 Å². The zero-order valence-electron chi connectivity index (χ0n) is 21.7. The van der Waals surface area contributed by atoms with Crippen molar-refractivity contribution in [2.75, 3.05) is 0 Å². The number of quaternary nitrogens is 1. The molecule has 6 nitrogen and oxygen atoms in total. The van der Waals surface area contributed by atoms with Crippen molar-refractivity contribution < 1.29 is 5.73 Å². The fraction of sp³-hybridized carbons (Fsp3) is 0.0938. The number of hydrogen-bond donors (Lipinski definition) is 4. The molecule has 0 radical (unpaired) electrons. The quantitative estimate of drug-likeness (QED) is 0.112. The zero-order valence-corrected chi connectivity index (χ0v) is 23.4. The summed E-state index contributed by atoms with van der Waals surface area (Å²) in [5.41, 5.74) is 9.76. The van der Waals surface area contributed by atoms with Crippen molar-refractivity contribution in [2.24, 2.45) is 0 Å². The van der Waals surface area contributed by atoms with Crippen LogP contribution in [0.4, 0.5) is 0 Å². The van der Waals surface area contributed by atoms with Gasteiger partial charge in [-0.2, -0.15) is 0 Å². The zero-order chi connectivity index (χ0) is 27.9. The van der Waals surface area contributed by atoms with Crippen molar-refractivity contribution in [2.45, 2.75) is 17.7 Å². The van der Waals surface area contributed by atoms with Gasteiger partial charge in [0.15, 0.2) is 5.37 Å². The van der Waals surface area contributed by atoms with Gasteiger partial charge in [0.05, 0.1) is 11.4 Å². The summed E-state index contributed by atoms with van der Waals surface area (Å²) < 4.78 is 0. The molecule has 0 spiro atoms. The Balaban J connectivity index is 1.24. The summed E-state index contributed by atoms with van der Waals surface area (Å²) in [4.78, 5) is 9.48. The van der Waals surface area contributed by atoms with Gasteiger partial charge in [-0.05, 0) is 60.3 Å². The first-order valence-corrected chi connectivity index (χ1v) is 14.5. The van der Waals surface area contributed by atoms with Gasteiger partial charge in [0.2, 0.25) is 0 Å². The summed E-state index contributed by atoms with van der Waals surface area (Å²) in [6.45, 7) is 0. The number of nitrogens with zero attached hydrogens (tertiary/aromatic N) is 2. The highest BCUT2D eigenvalue weighted by molar-refractivity contribution is 8.27. The fourth-order valence-corrected chi connectivity index (χ4v) is 5.74. The highest BCUT2D eigenvalue weighted by Crippen LogP contribution is 2.29. The lowest BCUT2D eigenvalue weighted by molar-refractivity contribution is -0.391. The van der Waals surface area contributed by atoms with Crippen LogP contribution in [0.25, 0.3) is 11.3 Å². The standard InChI is InChI=1S/C32H28N6S2/c33-29(39-31(35)27-18-8-16-25(37-27)21-10-3-1-4-11-21)23-14-7-15-24(20-23)30(34)40-32(36)28-19-9-17-26(38-28)22-12-5-2-6-13-22/h1-12,14-20,22,32-35H,13,36H2/p+1. The molecule has 6 N–H and O–H groups in total. The Labute approximate surface area is 242 Å². The van der Waals surface area contributed by atoms with Gasteiger partial charge in [0, 0.05) is 28.3 Å². The van der Waals surface area contributed by atoms with Gasteiger partial charge in [-0.25, -0.2) is 9.97 Å². The number of pyridine rings is 2. The van der Waals surface area contributed by atoms with Gasteiger partial charge in [-0.3, -0.25) is 16.2 Å². The van der Waals surface area contributed by atoms with E-state index in [1.807, 2.05) is 84.9 Å². The summed E-state index contributed by atoms with van der Waals surface area (Å²) >= 11 is 2.39. The first kappa shape index (κ1) is 27.5. The predicted octanol–water partition coefficient (Wildman–Crippen LogP) is 6.83. The smallest absolute Gasteiger partial charge is 0.180 e. The van der Waals surface area contributed by atoms with Crippen molar-refractivity contribution in [1.29, 1.82) is 16.2 Å². The molecule has 0 saturated carbocycles. The van der Waals surface area contributed by atoms with Gasteiger partial charge < -0.3 is 5.73 Å². The van der Waals surface area contributed by atoms with Crippen LogP contribution in [0, 0.1) is 16.2 Å². The Morgan fingerprint density at radius 3 is 2.30 bits per heavy atom. The first-order valence-electron chi connectivity index (χ1n) is 12.8. The molecule has 1 aliphatic carbocycles. The number of thioether (sulfide) groups is 2. The summed E-state index contributed by atoms with van der Waals surface area (Å²) in [7, 11) is 0. The average molecular weight is 562 g/mol. The van der Waals surface area contributed by atoms with Crippen LogP contribution in [-0.4, -0.2) is 25.1 Å². The third-order valence-electron chi connectivity index (χ3n) is 6.39. The van der Waals surface area contributed by atoms with Crippen LogP contribution >= 0.6 is 23.5 Å². The lowest BCUT2D eigenvalue weighted by atomic mass is 9.96. The van der Waals surface area contributed by atoms with Gasteiger partial charge in [0.1, 0.15) is 20.8 Å². The van der Waals surface area contributed by atoms with Crippen LogP contribution in [0.2, 0.25) is 0 Å². The van der Waals surface area contributed by atoms with Crippen molar-refractivity contribution in [3.8, 4) is 11.3 Å². The maximum Gasteiger partial charge on any atom is 0.180 e. The number of nitrogens with one attached hydrogen (secondary N) is 3. The summed E-state index contributed by atoms with van der Waals surface area (Å²) in [5.74, 6) is 0.261. The molecule has 2 atom stereocenters. The molecule has 0 fully saturated rings. The number of rotatable bonds is 7. The highest BCUT2D eigenvalue weighted by atomic mass is 32.2. The first-order chi connectivity index (χ1) is 19.5. The second kappa shape index (κ2) is 12.8. The van der Waals surface area contributed by atoms with Crippen molar-refractivity contribution >= 4 is 38.7 Å². The molecule has 0 saturated heterocycles. The third kappa shape index (κ3) is 6.71. The van der Waals surface area contributed by atoms with Crippen LogP contribution in [-0.2, 0) is 0 Å². The minimum Gasteiger partial charge on any atom is -0.341 e. The Bertz CT molecular complexity index is 1610. The monoisotopic (exact) mass is 561 g/mol. The van der Waals surface area contributed by atoms with E-state index >= 15 is 0 Å². The molecule has 2 aromatic carbocycles. The van der Waals surface area contributed by atoms with Crippen LogP contribution in [0.15, 0.2) is 115 Å². The molecule has 198 valence electrons. The second-order valence-corrected chi connectivity index (χ2v) is 11.4. The largest absolute Gasteiger partial charge is 0.341 e. The summed E-state index contributed by atoms with van der Waals surface area (Å²) in [6.07, 6.45) is 9.34. The van der Waals surface area contributed by atoms with Crippen molar-refractivity contribution in [1.82, 2.24) is 9.97 Å². The molecule has 2 aromatic heterocycles. The molecule has 0 bridgehead atoms.